The molecule has 0 saturated heterocycles. The van der Waals surface area contributed by atoms with E-state index in [1.807, 2.05) is 12.3 Å². The maximum atomic E-state index is 12.5. The molecular weight excluding hydrogens is 775 g/mol. The standard InChI is InChI=1S/C15H20N2O.C13H13F3N2O2.C12H11F3N2OS/c1-12(2)13-5-3-7-15(9-13)18-8-4-6-14-10-16-11-17-14;14-13(15,16)20-12-5-1-4-11(7-12)19-6-2-3-10-8-17-9-18-10;13-12(14,15)9-2-1-3-11(6-9)18-19-5-4-10-7-16-8-17-10/h3,5,7,9-12H,4,6,8H2,1-2H3,(H,16,17);1,4-5,7-9H,2-3,6H2,(H,17,18);1-3,6-8H,4-5H2,(H,16,17). The maximum Gasteiger partial charge on any atom is 0.573 e. The number of hydrogen-bond acceptors (Lipinski definition) is 8. The summed E-state index contributed by atoms with van der Waals surface area (Å²) in [6, 6.07) is 18.6. The fourth-order valence-electron chi connectivity index (χ4n) is 4.87. The lowest BCUT2D eigenvalue weighted by molar-refractivity contribution is -0.274. The Morgan fingerprint density at radius 1 is 0.614 bits per heavy atom. The minimum atomic E-state index is -4.70. The zero-order valence-corrected chi connectivity index (χ0v) is 32.1. The lowest BCUT2D eigenvalue weighted by atomic mass is 10.0. The summed E-state index contributed by atoms with van der Waals surface area (Å²) in [6.07, 6.45) is 5.40. The molecule has 0 aliphatic carbocycles. The van der Waals surface area contributed by atoms with Gasteiger partial charge in [0.2, 0.25) is 0 Å². The molecule has 57 heavy (non-hydrogen) atoms. The molecule has 0 aliphatic heterocycles. The molecule has 3 aromatic heterocycles. The summed E-state index contributed by atoms with van der Waals surface area (Å²) in [5, 5.41) is 0. The van der Waals surface area contributed by atoms with Gasteiger partial charge in [0.05, 0.1) is 66.9 Å². The average molecular weight is 819 g/mol. The first kappa shape index (κ1) is 44.1. The van der Waals surface area contributed by atoms with E-state index < -0.39 is 18.1 Å². The van der Waals surface area contributed by atoms with Gasteiger partial charge in [0, 0.05) is 36.8 Å². The minimum absolute atomic E-state index is 0.196. The van der Waals surface area contributed by atoms with Gasteiger partial charge in [0.15, 0.2) is 0 Å². The molecular formula is C40H44F6N6O4S. The number of H-pyrrole nitrogens is 3. The van der Waals surface area contributed by atoms with Crippen molar-refractivity contribution >= 4 is 12.0 Å². The Labute approximate surface area is 331 Å². The van der Waals surface area contributed by atoms with Crippen LogP contribution in [0.15, 0.2) is 110 Å². The molecule has 0 atom stereocenters. The number of alkyl halides is 6. The number of aromatic nitrogens is 6. The van der Waals surface area contributed by atoms with Crippen molar-refractivity contribution in [2.45, 2.75) is 64.4 Å². The van der Waals surface area contributed by atoms with E-state index in [0.717, 1.165) is 79.3 Å². The monoisotopic (exact) mass is 818 g/mol. The number of benzene rings is 3. The Bertz CT molecular complexity index is 1960. The molecule has 6 aromatic rings. The zero-order chi connectivity index (χ0) is 40.9. The number of nitrogens with zero attached hydrogens (tertiary/aromatic N) is 3. The van der Waals surface area contributed by atoms with Crippen LogP contribution in [-0.2, 0) is 25.4 Å². The second-order valence-electron chi connectivity index (χ2n) is 12.5. The van der Waals surface area contributed by atoms with Crippen LogP contribution in [0.2, 0.25) is 0 Å². The van der Waals surface area contributed by atoms with Crippen molar-refractivity contribution in [2.24, 2.45) is 0 Å². The fraction of sp³-hybridized carbons (Fsp3) is 0.325. The van der Waals surface area contributed by atoms with Crippen molar-refractivity contribution in [3.63, 3.8) is 0 Å². The van der Waals surface area contributed by atoms with Crippen LogP contribution in [0.4, 0.5) is 26.3 Å². The van der Waals surface area contributed by atoms with Crippen molar-refractivity contribution in [1.82, 2.24) is 29.9 Å². The summed E-state index contributed by atoms with van der Waals surface area (Å²) in [6.45, 7) is 5.50. The van der Waals surface area contributed by atoms with Crippen LogP contribution < -0.4 is 18.4 Å². The number of aryl methyl sites for hydroxylation is 3. The van der Waals surface area contributed by atoms with E-state index in [2.05, 4.69) is 66.7 Å². The average Bonchev–Trinajstić information content (AvgIpc) is 4.00. The molecule has 306 valence electrons. The topological polar surface area (TPSA) is 123 Å². The molecule has 0 saturated carbocycles. The summed E-state index contributed by atoms with van der Waals surface area (Å²) in [7, 11) is 0. The van der Waals surface area contributed by atoms with Gasteiger partial charge in [-0.1, -0.05) is 38.1 Å². The lowest BCUT2D eigenvalue weighted by Gasteiger charge is -2.10. The van der Waals surface area contributed by atoms with Crippen molar-refractivity contribution in [2.75, 3.05) is 19.0 Å². The molecule has 3 N–H and O–H groups in total. The quantitative estimate of drug-likeness (QED) is 0.0472. The van der Waals surface area contributed by atoms with Gasteiger partial charge in [-0.2, -0.15) is 13.2 Å². The van der Waals surface area contributed by atoms with Crippen LogP contribution in [0.3, 0.4) is 0 Å². The first-order chi connectivity index (χ1) is 27.3. The van der Waals surface area contributed by atoms with Gasteiger partial charge in [-0.25, -0.2) is 15.0 Å². The third-order valence-corrected chi connectivity index (χ3v) is 8.36. The normalized spacial score (nSPS) is 11.2. The van der Waals surface area contributed by atoms with Gasteiger partial charge in [0.1, 0.15) is 23.0 Å². The molecule has 3 aromatic carbocycles. The van der Waals surface area contributed by atoms with Crippen molar-refractivity contribution < 1.29 is 44.7 Å². The van der Waals surface area contributed by atoms with Crippen LogP contribution in [-0.4, -0.2) is 55.2 Å². The van der Waals surface area contributed by atoms with Crippen LogP contribution in [0.1, 0.15) is 60.8 Å². The number of halogens is 6. The van der Waals surface area contributed by atoms with E-state index in [4.69, 9.17) is 13.7 Å². The molecule has 0 radical (unpaired) electrons. The highest BCUT2D eigenvalue weighted by Crippen LogP contribution is 2.32. The summed E-state index contributed by atoms with van der Waals surface area (Å²) in [4.78, 5) is 20.9. The number of nitrogens with one attached hydrogen (secondary N) is 3. The predicted octanol–water partition coefficient (Wildman–Crippen LogP) is 10.6. The van der Waals surface area contributed by atoms with E-state index in [0.29, 0.717) is 30.4 Å². The van der Waals surface area contributed by atoms with Gasteiger partial charge in [-0.3, -0.25) is 0 Å². The van der Waals surface area contributed by atoms with Crippen molar-refractivity contribution in [3.8, 4) is 23.0 Å². The summed E-state index contributed by atoms with van der Waals surface area (Å²) >= 11 is 1.10. The summed E-state index contributed by atoms with van der Waals surface area (Å²) in [5.41, 5.74) is 3.51. The van der Waals surface area contributed by atoms with Crippen LogP contribution in [0.5, 0.6) is 23.0 Å². The Morgan fingerprint density at radius 3 is 1.65 bits per heavy atom. The Balaban J connectivity index is 0.000000190. The van der Waals surface area contributed by atoms with Gasteiger partial charge < -0.3 is 33.3 Å². The highest BCUT2D eigenvalue weighted by Gasteiger charge is 2.31. The second-order valence-corrected chi connectivity index (χ2v) is 13.3. The molecule has 0 amide bonds. The second kappa shape index (κ2) is 22.8. The number of hydrogen-bond donors (Lipinski definition) is 3. The smallest absolute Gasteiger partial charge is 0.494 e. The molecule has 10 nitrogen and oxygen atoms in total. The molecule has 3 heterocycles. The molecule has 0 unspecified atom stereocenters. The SMILES string of the molecule is CC(C)c1cccc(OCCCc2c[nH]cn2)c1.FC(F)(F)Oc1cccc(OCCCc2c[nH]cn2)c1.FC(F)(F)c1cccc(OSCCc2c[nH]cn2)c1. The molecule has 17 heteroatoms. The summed E-state index contributed by atoms with van der Waals surface area (Å²) in [5.74, 6) is 2.36. The van der Waals surface area contributed by atoms with Gasteiger partial charge in [-0.15, -0.1) is 13.2 Å². The van der Waals surface area contributed by atoms with E-state index in [-0.39, 0.29) is 11.5 Å². The molecule has 0 bridgehead atoms. The van der Waals surface area contributed by atoms with E-state index in [1.54, 1.807) is 37.4 Å². The van der Waals surface area contributed by atoms with Crippen LogP contribution >= 0.6 is 12.0 Å². The largest absolute Gasteiger partial charge is 0.573 e. The number of aromatic amines is 3. The van der Waals surface area contributed by atoms with Gasteiger partial charge in [-0.05, 0) is 79.6 Å². The van der Waals surface area contributed by atoms with Gasteiger partial charge in [0.25, 0.3) is 0 Å². The Kier molecular flexibility index (Phi) is 17.7. The van der Waals surface area contributed by atoms with E-state index in [1.165, 1.54) is 35.9 Å². The Morgan fingerprint density at radius 2 is 1.12 bits per heavy atom. The highest BCUT2D eigenvalue weighted by atomic mass is 32.2. The van der Waals surface area contributed by atoms with Crippen LogP contribution in [0, 0.1) is 0 Å². The highest BCUT2D eigenvalue weighted by molar-refractivity contribution is 7.95. The Hall–Kier alpha value is -5.58. The minimum Gasteiger partial charge on any atom is -0.494 e. The number of ether oxygens (including phenoxy) is 3. The van der Waals surface area contributed by atoms with Crippen molar-refractivity contribution in [1.29, 1.82) is 0 Å². The third kappa shape index (κ3) is 17.8. The van der Waals surface area contributed by atoms with E-state index in [9.17, 15) is 26.3 Å². The molecule has 0 fully saturated rings. The van der Waals surface area contributed by atoms with E-state index >= 15 is 0 Å². The first-order valence-electron chi connectivity index (χ1n) is 17.9. The first-order valence-corrected chi connectivity index (χ1v) is 18.9. The number of imidazole rings is 3. The van der Waals surface area contributed by atoms with Crippen molar-refractivity contribution in [3.05, 3.63) is 139 Å². The zero-order valence-electron chi connectivity index (χ0n) is 31.3. The molecule has 0 aliphatic rings. The number of rotatable bonds is 17. The molecule has 0 spiro atoms. The lowest BCUT2D eigenvalue weighted by Crippen LogP contribution is -2.17. The predicted molar refractivity (Wildman–Crippen MR) is 205 cm³/mol. The fourth-order valence-corrected chi connectivity index (χ4v) is 5.49. The third-order valence-electron chi connectivity index (χ3n) is 7.68. The maximum absolute atomic E-state index is 12.5. The van der Waals surface area contributed by atoms with Gasteiger partial charge >= 0.3 is 12.5 Å². The molecule has 6 rings (SSSR count). The summed E-state index contributed by atoms with van der Waals surface area (Å²) < 4.78 is 93.8. The van der Waals surface area contributed by atoms with Crippen LogP contribution in [0.25, 0.3) is 0 Å².